The minimum absolute atomic E-state index is 0.0287. The van der Waals surface area contributed by atoms with Gasteiger partial charge in [-0.3, -0.25) is 4.79 Å². The van der Waals surface area contributed by atoms with E-state index in [0.717, 1.165) is 24.0 Å². The summed E-state index contributed by atoms with van der Waals surface area (Å²) in [6, 6.07) is 7.57. The molecular weight excluding hydrogens is 240 g/mol. The first-order valence-electron chi connectivity index (χ1n) is 6.87. The lowest BCUT2D eigenvalue weighted by atomic mass is 10.1. The van der Waals surface area contributed by atoms with Crippen molar-refractivity contribution in [2.24, 2.45) is 11.8 Å². The molecule has 0 aliphatic heterocycles. The zero-order valence-electron chi connectivity index (χ0n) is 11.6. The average molecular weight is 262 g/mol. The Morgan fingerprint density at radius 2 is 2.05 bits per heavy atom. The van der Waals surface area contributed by atoms with Gasteiger partial charge in [-0.25, -0.2) is 0 Å². The molecule has 1 atom stereocenters. The van der Waals surface area contributed by atoms with Crippen molar-refractivity contribution in [1.82, 2.24) is 5.32 Å². The summed E-state index contributed by atoms with van der Waals surface area (Å²) < 4.78 is 5.65. The molecule has 1 aromatic carbocycles. The van der Waals surface area contributed by atoms with Gasteiger partial charge in [0.05, 0.1) is 6.61 Å². The molecule has 19 heavy (non-hydrogen) atoms. The molecule has 4 heteroatoms. The number of hydrogen-bond donors (Lipinski definition) is 2. The second-order valence-corrected chi connectivity index (χ2v) is 5.23. The van der Waals surface area contributed by atoms with Crippen molar-refractivity contribution >= 4 is 11.6 Å². The molecule has 0 heterocycles. The molecule has 1 aromatic rings. The van der Waals surface area contributed by atoms with Crippen LogP contribution in [0.3, 0.4) is 0 Å². The van der Waals surface area contributed by atoms with E-state index >= 15 is 0 Å². The molecule has 0 bridgehead atoms. The van der Waals surface area contributed by atoms with Gasteiger partial charge in [-0.05, 0) is 50.1 Å². The van der Waals surface area contributed by atoms with Crippen molar-refractivity contribution in [3.8, 4) is 5.75 Å². The number of amides is 1. The lowest BCUT2D eigenvalue weighted by Crippen LogP contribution is -2.28. The molecule has 2 rings (SSSR count). The number of carbonyl (C=O) groups is 1. The summed E-state index contributed by atoms with van der Waals surface area (Å²) in [5.74, 6) is 1.60. The quantitative estimate of drug-likeness (QED) is 0.792. The smallest absolute Gasteiger partial charge is 0.228 e. The third-order valence-electron chi connectivity index (χ3n) is 3.26. The highest BCUT2D eigenvalue weighted by Gasteiger charge is 2.21. The minimum Gasteiger partial charge on any atom is -0.493 e. The van der Waals surface area contributed by atoms with Gasteiger partial charge < -0.3 is 15.4 Å². The number of benzene rings is 1. The second-order valence-electron chi connectivity index (χ2n) is 5.23. The van der Waals surface area contributed by atoms with Crippen LogP contribution in [0.1, 0.15) is 19.8 Å². The van der Waals surface area contributed by atoms with Crippen molar-refractivity contribution in [2.75, 3.05) is 25.5 Å². The van der Waals surface area contributed by atoms with Crippen molar-refractivity contribution < 1.29 is 9.53 Å². The summed E-state index contributed by atoms with van der Waals surface area (Å²) in [6.07, 6.45) is 2.58. The van der Waals surface area contributed by atoms with E-state index in [-0.39, 0.29) is 11.8 Å². The molecule has 1 fully saturated rings. The minimum atomic E-state index is -0.0456. The fourth-order valence-electron chi connectivity index (χ4n) is 1.80. The van der Waals surface area contributed by atoms with Gasteiger partial charge in [-0.1, -0.05) is 6.92 Å². The Bertz CT molecular complexity index is 413. The van der Waals surface area contributed by atoms with Crippen molar-refractivity contribution in [1.29, 1.82) is 0 Å². The molecule has 0 radical (unpaired) electrons. The van der Waals surface area contributed by atoms with Crippen molar-refractivity contribution in [3.63, 3.8) is 0 Å². The standard InChI is InChI=1S/C15H22N2O2/c1-11(9-16-2)15(18)17-13-5-7-14(8-6-13)19-10-12-3-4-12/h5-8,11-12,16H,3-4,9-10H2,1-2H3,(H,17,18). The fraction of sp³-hybridized carbons (Fsp3) is 0.533. The summed E-state index contributed by atoms with van der Waals surface area (Å²) in [4.78, 5) is 11.8. The Hall–Kier alpha value is -1.55. The van der Waals surface area contributed by atoms with E-state index < -0.39 is 0 Å². The van der Waals surface area contributed by atoms with Crippen LogP contribution in [-0.4, -0.2) is 26.1 Å². The van der Waals surface area contributed by atoms with E-state index in [1.807, 2.05) is 38.2 Å². The summed E-state index contributed by atoms with van der Waals surface area (Å²) in [7, 11) is 1.84. The normalized spacial score (nSPS) is 15.9. The van der Waals surface area contributed by atoms with E-state index in [1.165, 1.54) is 12.8 Å². The number of carbonyl (C=O) groups excluding carboxylic acids is 1. The largest absolute Gasteiger partial charge is 0.493 e. The zero-order chi connectivity index (χ0) is 13.7. The van der Waals surface area contributed by atoms with Gasteiger partial charge in [0.1, 0.15) is 5.75 Å². The fourth-order valence-corrected chi connectivity index (χ4v) is 1.80. The Balaban J connectivity index is 1.81. The van der Waals surface area contributed by atoms with Gasteiger partial charge in [0, 0.05) is 18.2 Å². The van der Waals surface area contributed by atoms with Crippen LogP contribution in [0.5, 0.6) is 5.75 Å². The molecule has 0 aromatic heterocycles. The van der Waals surface area contributed by atoms with Crippen LogP contribution >= 0.6 is 0 Å². The molecular formula is C15H22N2O2. The Morgan fingerprint density at radius 3 is 2.63 bits per heavy atom. The van der Waals surface area contributed by atoms with E-state index in [4.69, 9.17) is 4.74 Å². The molecule has 0 spiro atoms. The predicted molar refractivity (Wildman–Crippen MR) is 76.4 cm³/mol. The first kappa shape index (κ1) is 13.9. The van der Waals surface area contributed by atoms with Gasteiger partial charge >= 0.3 is 0 Å². The molecule has 4 nitrogen and oxygen atoms in total. The summed E-state index contributed by atoms with van der Waals surface area (Å²) in [5.41, 5.74) is 0.812. The van der Waals surface area contributed by atoms with Gasteiger partial charge in [-0.2, -0.15) is 0 Å². The van der Waals surface area contributed by atoms with Gasteiger partial charge in [0.25, 0.3) is 0 Å². The van der Waals surface area contributed by atoms with E-state index in [2.05, 4.69) is 10.6 Å². The van der Waals surface area contributed by atoms with Gasteiger partial charge in [0.15, 0.2) is 0 Å². The van der Waals surface area contributed by atoms with E-state index in [0.29, 0.717) is 6.54 Å². The summed E-state index contributed by atoms with van der Waals surface area (Å²) in [6.45, 7) is 3.39. The summed E-state index contributed by atoms with van der Waals surface area (Å²) in [5, 5.41) is 5.89. The van der Waals surface area contributed by atoms with Crippen LogP contribution in [0.15, 0.2) is 24.3 Å². The summed E-state index contributed by atoms with van der Waals surface area (Å²) >= 11 is 0. The molecule has 1 unspecified atom stereocenters. The molecule has 1 amide bonds. The second kappa shape index (κ2) is 6.57. The molecule has 1 aliphatic rings. The maximum absolute atomic E-state index is 11.8. The van der Waals surface area contributed by atoms with Crippen LogP contribution in [0.25, 0.3) is 0 Å². The molecule has 104 valence electrons. The third-order valence-corrected chi connectivity index (χ3v) is 3.26. The molecule has 0 saturated heterocycles. The average Bonchev–Trinajstić information content (AvgIpc) is 3.22. The highest BCUT2D eigenvalue weighted by molar-refractivity contribution is 5.92. The number of hydrogen-bond acceptors (Lipinski definition) is 3. The number of ether oxygens (including phenoxy) is 1. The SMILES string of the molecule is CNCC(C)C(=O)Nc1ccc(OCC2CC2)cc1. The predicted octanol–water partition coefficient (Wildman–Crippen LogP) is 2.27. The van der Waals surface area contributed by atoms with Crippen LogP contribution < -0.4 is 15.4 Å². The number of anilines is 1. The Labute approximate surface area is 114 Å². The molecule has 1 saturated carbocycles. The topological polar surface area (TPSA) is 50.4 Å². The van der Waals surface area contributed by atoms with E-state index in [9.17, 15) is 4.79 Å². The maximum Gasteiger partial charge on any atom is 0.228 e. The monoisotopic (exact) mass is 262 g/mol. The molecule has 1 aliphatic carbocycles. The Morgan fingerprint density at radius 1 is 1.37 bits per heavy atom. The maximum atomic E-state index is 11.8. The highest BCUT2D eigenvalue weighted by Crippen LogP contribution is 2.29. The van der Waals surface area contributed by atoms with E-state index in [1.54, 1.807) is 0 Å². The third kappa shape index (κ3) is 4.56. The number of rotatable bonds is 7. The van der Waals surface area contributed by atoms with Gasteiger partial charge in [0.2, 0.25) is 5.91 Å². The highest BCUT2D eigenvalue weighted by atomic mass is 16.5. The number of nitrogens with one attached hydrogen (secondary N) is 2. The molecule has 2 N–H and O–H groups in total. The first-order chi connectivity index (χ1) is 9.19. The zero-order valence-corrected chi connectivity index (χ0v) is 11.6. The first-order valence-corrected chi connectivity index (χ1v) is 6.87. The van der Waals surface area contributed by atoms with Crippen LogP contribution in [0, 0.1) is 11.8 Å². The lowest BCUT2D eigenvalue weighted by molar-refractivity contribution is -0.119. The van der Waals surface area contributed by atoms with Crippen LogP contribution in [0.2, 0.25) is 0 Å². The van der Waals surface area contributed by atoms with Crippen LogP contribution in [-0.2, 0) is 4.79 Å². The van der Waals surface area contributed by atoms with Crippen molar-refractivity contribution in [2.45, 2.75) is 19.8 Å². The Kier molecular flexibility index (Phi) is 4.80. The van der Waals surface area contributed by atoms with Crippen molar-refractivity contribution in [3.05, 3.63) is 24.3 Å². The lowest BCUT2D eigenvalue weighted by Gasteiger charge is -2.12. The van der Waals surface area contributed by atoms with Crippen LogP contribution in [0.4, 0.5) is 5.69 Å². The van der Waals surface area contributed by atoms with Gasteiger partial charge in [-0.15, -0.1) is 0 Å².